The molecule has 0 aliphatic carbocycles. The van der Waals surface area contributed by atoms with E-state index in [2.05, 4.69) is 21.2 Å². The molecule has 6 heteroatoms. The van der Waals surface area contributed by atoms with Gasteiger partial charge in [0, 0.05) is 4.47 Å². The van der Waals surface area contributed by atoms with Crippen molar-refractivity contribution < 1.29 is 19.0 Å². The Hall–Kier alpha value is -2.21. The maximum Gasteiger partial charge on any atom is 0.258 e. The van der Waals surface area contributed by atoms with Gasteiger partial charge >= 0.3 is 0 Å². The maximum absolute atomic E-state index is 12.0. The van der Waals surface area contributed by atoms with Crippen LogP contribution in [0.3, 0.4) is 0 Å². The summed E-state index contributed by atoms with van der Waals surface area (Å²) >= 11 is 3.51. The highest BCUT2D eigenvalue weighted by Gasteiger charge is 2.10. The van der Waals surface area contributed by atoms with E-state index in [1.54, 1.807) is 7.11 Å². The number of benzene rings is 2. The quantitative estimate of drug-likeness (QED) is 0.698. The number of carbonyl (C=O) groups is 1. The van der Waals surface area contributed by atoms with E-state index in [1.807, 2.05) is 57.2 Å². The van der Waals surface area contributed by atoms with E-state index >= 15 is 0 Å². The molecule has 0 aliphatic heterocycles. The van der Waals surface area contributed by atoms with Gasteiger partial charge in [-0.05, 0) is 68.3 Å². The van der Waals surface area contributed by atoms with Gasteiger partial charge in [0.2, 0.25) is 0 Å². The highest BCUT2D eigenvalue weighted by atomic mass is 79.9. The van der Waals surface area contributed by atoms with E-state index in [0.29, 0.717) is 12.4 Å². The van der Waals surface area contributed by atoms with E-state index in [9.17, 15) is 4.79 Å². The zero-order valence-electron chi connectivity index (χ0n) is 15.5. The Kier molecular flexibility index (Phi) is 7.33. The van der Waals surface area contributed by atoms with Crippen molar-refractivity contribution in [1.29, 1.82) is 0 Å². The minimum Gasteiger partial charge on any atom is -0.497 e. The summed E-state index contributed by atoms with van der Waals surface area (Å²) in [6.45, 7) is 6.20. The summed E-state index contributed by atoms with van der Waals surface area (Å²) in [5.74, 6) is 1.99. The van der Waals surface area contributed by atoms with Crippen molar-refractivity contribution in [2.45, 2.75) is 26.8 Å². The Morgan fingerprint density at radius 2 is 1.62 bits per heavy atom. The van der Waals surface area contributed by atoms with Crippen LogP contribution in [-0.4, -0.2) is 32.3 Å². The minimum atomic E-state index is -0.186. The molecule has 2 rings (SSSR count). The van der Waals surface area contributed by atoms with Crippen LogP contribution in [-0.2, 0) is 4.79 Å². The third kappa shape index (κ3) is 5.95. The molecule has 0 bridgehead atoms. The van der Waals surface area contributed by atoms with Gasteiger partial charge in [-0.1, -0.05) is 15.9 Å². The van der Waals surface area contributed by atoms with Crippen molar-refractivity contribution in [1.82, 2.24) is 5.32 Å². The van der Waals surface area contributed by atoms with E-state index in [0.717, 1.165) is 27.1 Å². The molecule has 2 aromatic carbocycles. The zero-order valence-corrected chi connectivity index (χ0v) is 17.1. The van der Waals surface area contributed by atoms with Gasteiger partial charge in [-0.15, -0.1) is 0 Å². The molecular formula is C20H24BrNO4. The lowest BCUT2D eigenvalue weighted by molar-refractivity contribution is -0.123. The Labute approximate surface area is 162 Å². The summed E-state index contributed by atoms with van der Waals surface area (Å²) in [4.78, 5) is 12.0. The number of aryl methyl sites for hydroxylation is 2. The summed E-state index contributed by atoms with van der Waals surface area (Å²) in [5.41, 5.74) is 2.14. The molecular weight excluding hydrogens is 398 g/mol. The second-order valence-corrected chi connectivity index (χ2v) is 6.91. The Balaban J connectivity index is 1.76. The van der Waals surface area contributed by atoms with Crippen LogP contribution in [0.2, 0.25) is 0 Å². The fourth-order valence-electron chi connectivity index (χ4n) is 2.39. The van der Waals surface area contributed by atoms with Crippen molar-refractivity contribution in [3.63, 3.8) is 0 Å². The van der Waals surface area contributed by atoms with Crippen molar-refractivity contribution in [2.24, 2.45) is 0 Å². The smallest absolute Gasteiger partial charge is 0.258 e. The van der Waals surface area contributed by atoms with Gasteiger partial charge in [0.25, 0.3) is 5.91 Å². The van der Waals surface area contributed by atoms with Gasteiger partial charge in [0.05, 0.1) is 13.2 Å². The molecule has 0 heterocycles. The largest absolute Gasteiger partial charge is 0.497 e. The van der Waals surface area contributed by atoms with Crippen LogP contribution in [0.1, 0.15) is 18.1 Å². The molecule has 0 saturated heterocycles. The fraction of sp³-hybridized carbons (Fsp3) is 0.350. The second kappa shape index (κ2) is 9.48. The molecule has 0 saturated carbocycles. The third-order valence-electron chi connectivity index (χ3n) is 3.75. The number of carbonyl (C=O) groups excluding carboxylic acids is 1. The molecule has 2 aromatic rings. The number of hydrogen-bond acceptors (Lipinski definition) is 4. The average molecular weight is 422 g/mol. The summed E-state index contributed by atoms with van der Waals surface area (Å²) < 4.78 is 17.4. The van der Waals surface area contributed by atoms with E-state index in [1.165, 1.54) is 0 Å². The molecule has 1 unspecified atom stereocenters. The van der Waals surface area contributed by atoms with Gasteiger partial charge in [-0.25, -0.2) is 0 Å². The van der Waals surface area contributed by atoms with Crippen molar-refractivity contribution in [3.8, 4) is 17.2 Å². The standard InChI is InChI=1S/C20H24BrNO4/c1-13-9-18(10-14(2)20(13)21)26-12-19(23)22-15(3)11-25-17-7-5-16(24-4)6-8-17/h5-10,15H,11-12H2,1-4H3,(H,22,23). The number of nitrogens with one attached hydrogen (secondary N) is 1. The van der Waals surface area contributed by atoms with Gasteiger partial charge in [0.15, 0.2) is 6.61 Å². The average Bonchev–Trinajstić information content (AvgIpc) is 2.63. The number of rotatable bonds is 8. The number of amides is 1. The van der Waals surface area contributed by atoms with Crippen LogP contribution in [0.15, 0.2) is 40.9 Å². The number of halogens is 1. The summed E-state index contributed by atoms with van der Waals surface area (Å²) in [7, 11) is 1.62. The topological polar surface area (TPSA) is 56.8 Å². The van der Waals surface area contributed by atoms with Crippen LogP contribution >= 0.6 is 15.9 Å². The predicted molar refractivity (Wildman–Crippen MR) is 105 cm³/mol. The molecule has 0 aliphatic rings. The molecule has 1 amide bonds. The van der Waals surface area contributed by atoms with Crippen molar-refractivity contribution in [2.75, 3.05) is 20.3 Å². The predicted octanol–water partition coefficient (Wildman–Crippen LogP) is 4.04. The first-order valence-corrected chi connectivity index (χ1v) is 9.14. The highest BCUT2D eigenvalue weighted by Crippen LogP contribution is 2.26. The summed E-state index contributed by atoms with van der Waals surface area (Å²) in [6, 6.07) is 11.0. The van der Waals surface area contributed by atoms with E-state index in [-0.39, 0.29) is 18.6 Å². The van der Waals surface area contributed by atoms with Gasteiger partial charge < -0.3 is 19.5 Å². The molecule has 1 atom stereocenters. The Morgan fingerprint density at radius 3 is 2.19 bits per heavy atom. The first kappa shape index (κ1) is 20.1. The molecule has 0 radical (unpaired) electrons. The van der Waals surface area contributed by atoms with E-state index in [4.69, 9.17) is 14.2 Å². The molecule has 140 valence electrons. The van der Waals surface area contributed by atoms with E-state index < -0.39 is 0 Å². The number of methoxy groups -OCH3 is 1. The SMILES string of the molecule is COc1ccc(OCC(C)NC(=O)COc2cc(C)c(Br)c(C)c2)cc1. The Morgan fingerprint density at radius 1 is 1.04 bits per heavy atom. The van der Waals surface area contributed by atoms with Crippen LogP contribution in [0.4, 0.5) is 0 Å². The zero-order chi connectivity index (χ0) is 19.1. The van der Waals surface area contributed by atoms with Crippen LogP contribution in [0.25, 0.3) is 0 Å². The normalized spacial score (nSPS) is 11.6. The second-order valence-electron chi connectivity index (χ2n) is 6.11. The monoisotopic (exact) mass is 421 g/mol. The van der Waals surface area contributed by atoms with Gasteiger partial charge in [0.1, 0.15) is 23.9 Å². The fourth-order valence-corrected chi connectivity index (χ4v) is 2.62. The maximum atomic E-state index is 12.0. The first-order chi connectivity index (χ1) is 12.4. The summed E-state index contributed by atoms with van der Waals surface area (Å²) in [5, 5.41) is 2.86. The molecule has 5 nitrogen and oxygen atoms in total. The van der Waals surface area contributed by atoms with Crippen molar-refractivity contribution >= 4 is 21.8 Å². The number of ether oxygens (including phenoxy) is 3. The molecule has 1 N–H and O–H groups in total. The molecule has 0 fully saturated rings. The lowest BCUT2D eigenvalue weighted by Crippen LogP contribution is -2.39. The molecule has 0 spiro atoms. The Bertz CT molecular complexity index is 723. The van der Waals surface area contributed by atoms with Gasteiger partial charge in [-0.2, -0.15) is 0 Å². The summed E-state index contributed by atoms with van der Waals surface area (Å²) in [6.07, 6.45) is 0. The molecule has 26 heavy (non-hydrogen) atoms. The lowest BCUT2D eigenvalue weighted by Gasteiger charge is -2.16. The van der Waals surface area contributed by atoms with Crippen molar-refractivity contribution in [3.05, 3.63) is 52.0 Å². The minimum absolute atomic E-state index is 0.0343. The van der Waals surface area contributed by atoms with Crippen LogP contribution in [0, 0.1) is 13.8 Å². The van der Waals surface area contributed by atoms with Crippen LogP contribution < -0.4 is 19.5 Å². The lowest BCUT2D eigenvalue weighted by atomic mass is 10.1. The number of hydrogen-bond donors (Lipinski definition) is 1. The third-order valence-corrected chi connectivity index (χ3v) is 5.00. The van der Waals surface area contributed by atoms with Gasteiger partial charge in [-0.3, -0.25) is 4.79 Å². The molecule has 0 aromatic heterocycles. The first-order valence-electron chi connectivity index (χ1n) is 8.34. The van der Waals surface area contributed by atoms with Crippen LogP contribution in [0.5, 0.6) is 17.2 Å². The highest BCUT2D eigenvalue weighted by molar-refractivity contribution is 9.10.